The highest BCUT2D eigenvalue weighted by Gasteiger charge is 2.24. The van der Waals surface area contributed by atoms with E-state index in [4.69, 9.17) is 5.11 Å². The molecule has 120 valence electrons. The first-order valence-corrected chi connectivity index (χ1v) is 8.03. The number of likely N-dealkylation sites (tertiary alicyclic amines) is 1. The molecule has 1 saturated heterocycles. The molecule has 0 aliphatic carbocycles. The summed E-state index contributed by atoms with van der Waals surface area (Å²) < 4.78 is 0. The third-order valence-electron chi connectivity index (χ3n) is 4.50. The van der Waals surface area contributed by atoms with Crippen LogP contribution >= 0.6 is 0 Å². The number of hydrogen-bond donors (Lipinski definition) is 1. The Morgan fingerprint density at radius 3 is 2.50 bits per heavy atom. The molecule has 4 nitrogen and oxygen atoms in total. The Hall–Kier alpha value is -1.68. The number of ketones is 1. The van der Waals surface area contributed by atoms with Crippen LogP contribution in [-0.2, 0) is 4.79 Å². The maximum atomic E-state index is 12.3. The first-order valence-electron chi connectivity index (χ1n) is 8.03. The number of carboxylic acid groups (broad SMARTS) is 1. The van der Waals surface area contributed by atoms with Gasteiger partial charge in [-0.2, -0.15) is 0 Å². The van der Waals surface area contributed by atoms with E-state index in [1.165, 1.54) is 5.56 Å². The number of aliphatic carboxylic acids is 1. The third-order valence-corrected chi connectivity index (χ3v) is 4.50. The van der Waals surface area contributed by atoms with Crippen molar-refractivity contribution < 1.29 is 14.7 Å². The summed E-state index contributed by atoms with van der Waals surface area (Å²) >= 11 is 0. The number of aryl methyl sites for hydroxylation is 2. The van der Waals surface area contributed by atoms with Gasteiger partial charge in [-0.05, 0) is 58.3 Å². The second kappa shape index (κ2) is 7.54. The molecular weight excluding hydrogens is 278 g/mol. The molecule has 1 heterocycles. The Morgan fingerprint density at radius 1 is 1.23 bits per heavy atom. The highest BCUT2D eigenvalue weighted by Crippen LogP contribution is 2.18. The fourth-order valence-electron chi connectivity index (χ4n) is 3.13. The summed E-state index contributed by atoms with van der Waals surface area (Å²) in [5.41, 5.74) is 3.05. The zero-order valence-corrected chi connectivity index (χ0v) is 13.5. The summed E-state index contributed by atoms with van der Waals surface area (Å²) in [6, 6.07) is 5.95. The molecule has 1 N–H and O–H groups in total. The van der Waals surface area contributed by atoms with E-state index in [1.54, 1.807) is 0 Å². The maximum Gasteiger partial charge on any atom is 0.306 e. The van der Waals surface area contributed by atoms with Crippen LogP contribution in [0.25, 0.3) is 0 Å². The molecule has 0 saturated carbocycles. The Kier molecular flexibility index (Phi) is 5.72. The van der Waals surface area contributed by atoms with Gasteiger partial charge in [0.1, 0.15) is 0 Å². The molecular formula is C18H25NO3. The van der Waals surface area contributed by atoms with Gasteiger partial charge in [-0.15, -0.1) is 0 Å². The van der Waals surface area contributed by atoms with Crippen LogP contribution in [0.4, 0.5) is 0 Å². The molecule has 1 aromatic carbocycles. The van der Waals surface area contributed by atoms with Gasteiger partial charge < -0.3 is 10.0 Å². The minimum absolute atomic E-state index is 0.187. The average Bonchev–Trinajstić information content (AvgIpc) is 2.47. The minimum atomic E-state index is -0.676. The van der Waals surface area contributed by atoms with Crippen LogP contribution in [0, 0.1) is 19.8 Å². The van der Waals surface area contributed by atoms with Gasteiger partial charge in [0.15, 0.2) is 5.78 Å². The smallest absolute Gasteiger partial charge is 0.306 e. The van der Waals surface area contributed by atoms with Crippen molar-refractivity contribution in [2.75, 3.05) is 19.6 Å². The predicted molar refractivity (Wildman–Crippen MR) is 86.3 cm³/mol. The Morgan fingerprint density at radius 2 is 1.91 bits per heavy atom. The molecule has 1 fully saturated rings. The number of benzene rings is 1. The quantitative estimate of drug-likeness (QED) is 0.821. The molecule has 0 bridgehead atoms. The van der Waals surface area contributed by atoms with E-state index in [9.17, 15) is 9.59 Å². The Balaban J connectivity index is 1.75. The lowest BCUT2D eigenvalue weighted by molar-refractivity contribution is -0.143. The van der Waals surface area contributed by atoms with Gasteiger partial charge in [0.25, 0.3) is 0 Å². The monoisotopic (exact) mass is 303 g/mol. The SMILES string of the molecule is Cc1ccc(C(=O)CCCN2CCC(C(=O)O)CC2)c(C)c1. The molecule has 0 unspecified atom stereocenters. The van der Waals surface area contributed by atoms with Crippen molar-refractivity contribution in [1.29, 1.82) is 0 Å². The molecule has 1 aromatic rings. The largest absolute Gasteiger partial charge is 0.481 e. The number of carboxylic acids is 1. The molecule has 0 atom stereocenters. The lowest BCUT2D eigenvalue weighted by Crippen LogP contribution is -2.36. The van der Waals surface area contributed by atoms with E-state index in [0.717, 1.165) is 50.0 Å². The van der Waals surface area contributed by atoms with Crippen LogP contribution in [0.2, 0.25) is 0 Å². The molecule has 0 spiro atoms. The second-order valence-electron chi connectivity index (χ2n) is 6.30. The first kappa shape index (κ1) is 16.7. The van der Waals surface area contributed by atoms with Crippen molar-refractivity contribution in [2.45, 2.75) is 39.5 Å². The number of nitrogens with zero attached hydrogens (tertiary/aromatic N) is 1. The van der Waals surface area contributed by atoms with E-state index in [2.05, 4.69) is 4.90 Å². The standard InChI is InChI=1S/C18H25NO3/c1-13-5-6-16(14(2)12-13)17(20)4-3-9-19-10-7-15(8-11-19)18(21)22/h5-6,12,15H,3-4,7-11H2,1-2H3,(H,21,22). The molecule has 2 rings (SSSR count). The predicted octanol–water partition coefficient (Wildman–Crippen LogP) is 3.06. The number of piperidine rings is 1. The highest BCUT2D eigenvalue weighted by atomic mass is 16.4. The highest BCUT2D eigenvalue weighted by molar-refractivity contribution is 5.97. The van der Waals surface area contributed by atoms with Gasteiger partial charge in [0.2, 0.25) is 0 Å². The van der Waals surface area contributed by atoms with Crippen LogP contribution in [-0.4, -0.2) is 41.4 Å². The lowest BCUT2D eigenvalue weighted by atomic mass is 9.96. The van der Waals surface area contributed by atoms with Gasteiger partial charge in [-0.1, -0.05) is 23.8 Å². The summed E-state index contributed by atoms with van der Waals surface area (Å²) in [5.74, 6) is -0.657. The van der Waals surface area contributed by atoms with Crippen LogP contribution < -0.4 is 0 Å². The van der Waals surface area contributed by atoms with Gasteiger partial charge in [0.05, 0.1) is 5.92 Å². The van der Waals surface area contributed by atoms with Crippen LogP contribution in [0.1, 0.15) is 47.2 Å². The number of carbonyl (C=O) groups excluding carboxylic acids is 1. The van der Waals surface area contributed by atoms with Crippen molar-refractivity contribution in [2.24, 2.45) is 5.92 Å². The molecule has 22 heavy (non-hydrogen) atoms. The van der Waals surface area contributed by atoms with E-state index < -0.39 is 5.97 Å². The number of Topliss-reactive ketones (excluding diaryl/α,β-unsaturated/α-hetero) is 1. The van der Waals surface area contributed by atoms with Crippen LogP contribution in [0.5, 0.6) is 0 Å². The van der Waals surface area contributed by atoms with Crippen LogP contribution in [0.3, 0.4) is 0 Å². The zero-order valence-electron chi connectivity index (χ0n) is 13.5. The summed E-state index contributed by atoms with van der Waals surface area (Å²) in [5, 5.41) is 8.98. The van der Waals surface area contributed by atoms with Gasteiger partial charge >= 0.3 is 5.97 Å². The van der Waals surface area contributed by atoms with Gasteiger partial charge in [0, 0.05) is 12.0 Å². The molecule has 4 heteroatoms. The lowest BCUT2D eigenvalue weighted by Gasteiger charge is -2.29. The normalized spacial score (nSPS) is 16.6. The van der Waals surface area contributed by atoms with Crippen molar-refractivity contribution >= 4 is 11.8 Å². The topological polar surface area (TPSA) is 57.6 Å². The number of hydrogen-bond acceptors (Lipinski definition) is 3. The molecule has 1 aliphatic heterocycles. The Labute approximate surface area is 132 Å². The van der Waals surface area contributed by atoms with Gasteiger partial charge in [-0.3, -0.25) is 9.59 Å². The van der Waals surface area contributed by atoms with Crippen LogP contribution in [0.15, 0.2) is 18.2 Å². The van der Waals surface area contributed by atoms with E-state index in [-0.39, 0.29) is 11.7 Å². The average molecular weight is 303 g/mol. The molecule has 0 amide bonds. The summed E-state index contributed by atoms with van der Waals surface area (Å²) in [4.78, 5) is 25.5. The fourth-order valence-corrected chi connectivity index (χ4v) is 3.13. The number of carbonyl (C=O) groups is 2. The third kappa shape index (κ3) is 4.41. The zero-order chi connectivity index (χ0) is 16.1. The van der Waals surface area contributed by atoms with E-state index in [1.807, 2.05) is 32.0 Å². The second-order valence-corrected chi connectivity index (χ2v) is 6.30. The van der Waals surface area contributed by atoms with Crippen molar-refractivity contribution in [3.63, 3.8) is 0 Å². The van der Waals surface area contributed by atoms with Gasteiger partial charge in [-0.25, -0.2) is 0 Å². The first-order chi connectivity index (χ1) is 10.5. The van der Waals surface area contributed by atoms with Crippen molar-refractivity contribution in [3.05, 3.63) is 34.9 Å². The molecule has 0 aromatic heterocycles. The molecule has 0 radical (unpaired) electrons. The summed E-state index contributed by atoms with van der Waals surface area (Å²) in [6.07, 6.45) is 2.84. The maximum absolute atomic E-state index is 12.3. The van der Waals surface area contributed by atoms with E-state index >= 15 is 0 Å². The minimum Gasteiger partial charge on any atom is -0.481 e. The van der Waals surface area contributed by atoms with Crippen molar-refractivity contribution in [3.8, 4) is 0 Å². The Bertz CT molecular complexity index is 545. The fraction of sp³-hybridized carbons (Fsp3) is 0.556. The summed E-state index contributed by atoms with van der Waals surface area (Å²) in [7, 11) is 0. The molecule has 1 aliphatic rings. The number of rotatable bonds is 6. The summed E-state index contributed by atoms with van der Waals surface area (Å²) in [6.45, 7) is 6.55. The van der Waals surface area contributed by atoms with E-state index in [0.29, 0.717) is 6.42 Å². The van der Waals surface area contributed by atoms with Crippen molar-refractivity contribution in [1.82, 2.24) is 4.90 Å².